The number of hydrogen-bond donors (Lipinski definition) is 1. The molecular formula is C15H19N3O. The molecule has 100 valence electrons. The van der Waals surface area contributed by atoms with Gasteiger partial charge in [0.15, 0.2) is 0 Å². The van der Waals surface area contributed by atoms with Crippen LogP contribution in [0.4, 0.5) is 0 Å². The molecule has 1 fully saturated rings. The largest absolute Gasteiger partial charge is 0.490 e. The van der Waals surface area contributed by atoms with E-state index in [1.807, 2.05) is 43.2 Å². The third-order valence-corrected chi connectivity index (χ3v) is 3.45. The Hall–Kier alpha value is -1.81. The van der Waals surface area contributed by atoms with Gasteiger partial charge in [0.05, 0.1) is 12.1 Å². The van der Waals surface area contributed by atoms with Crippen LogP contribution in [0.1, 0.15) is 30.3 Å². The van der Waals surface area contributed by atoms with Crippen molar-refractivity contribution < 1.29 is 4.74 Å². The first-order valence-electron chi connectivity index (χ1n) is 6.69. The van der Waals surface area contributed by atoms with Crippen molar-refractivity contribution in [1.82, 2.24) is 14.9 Å². The van der Waals surface area contributed by atoms with Crippen molar-refractivity contribution in [1.29, 1.82) is 0 Å². The van der Waals surface area contributed by atoms with Crippen molar-refractivity contribution in [2.24, 2.45) is 7.05 Å². The Morgan fingerprint density at radius 3 is 2.58 bits per heavy atom. The van der Waals surface area contributed by atoms with Crippen molar-refractivity contribution in [3.63, 3.8) is 0 Å². The second kappa shape index (κ2) is 5.05. The molecule has 2 aromatic rings. The molecule has 1 aliphatic rings. The Labute approximate surface area is 113 Å². The van der Waals surface area contributed by atoms with Crippen molar-refractivity contribution in [3.8, 4) is 5.75 Å². The molecule has 0 spiro atoms. The van der Waals surface area contributed by atoms with Crippen LogP contribution in [0.2, 0.25) is 0 Å². The maximum absolute atomic E-state index is 5.77. The Bertz CT molecular complexity index is 543. The zero-order valence-corrected chi connectivity index (χ0v) is 11.3. The zero-order valence-electron chi connectivity index (χ0n) is 11.3. The highest BCUT2D eigenvalue weighted by atomic mass is 16.5. The minimum atomic E-state index is 0.106. The molecule has 0 saturated heterocycles. The first kappa shape index (κ1) is 12.2. The molecule has 19 heavy (non-hydrogen) atoms. The normalized spacial score (nSPS) is 16.3. The predicted octanol–water partition coefficient (Wildman–Crippen LogP) is 2.27. The van der Waals surface area contributed by atoms with Crippen LogP contribution in [0.3, 0.4) is 0 Å². The highest BCUT2D eigenvalue weighted by Gasteiger charge is 2.23. The van der Waals surface area contributed by atoms with E-state index in [0.29, 0.717) is 6.10 Å². The fourth-order valence-electron chi connectivity index (χ4n) is 2.22. The molecule has 4 heteroatoms. The van der Waals surface area contributed by atoms with Crippen LogP contribution < -0.4 is 10.1 Å². The highest BCUT2D eigenvalue weighted by Crippen LogP contribution is 2.28. The second-order valence-corrected chi connectivity index (χ2v) is 5.00. The summed E-state index contributed by atoms with van der Waals surface area (Å²) in [4.78, 5) is 4.41. The number of aromatic nitrogens is 2. The fourth-order valence-corrected chi connectivity index (χ4v) is 2.22. The Kier molecular flexibility index (Phi) is 3.25. The summed E-state index contributed by atoms with van der Waals surface area (Å²) < 4.78 is 7.80. The molecule has 4 nitrogen and oxygen atoms in total. The van der Waals surface area contributed by atoms with E-state index < -0.39 is 0 Å². The van der Waals surface area contributed by atoms with Gasteiger partial charge in [0.1, 0.15) is 11.6 Å². The van der Waals surface area contributed by atoms with Gasteiger partial charge in [0.2, 0.25) is 0 Å². The van der Waals surface area contributed by atoms with Gasteiger partial charge in [-0.15, -0.1) is 0 Å². The third-order valence-electron chi connectivity index (χ3n) is 3.45. The van der Waals surface area contributed by atoms with Crippen LogP contribution >= 0.6 is 0 Å². The maximum Gasteiger partial charge on any atom is 0.130 e. The second-order valence-electron chi connectivity index (χ2n) is 5.00. The van der Waals surface area contributed by atoms with Gasteiger partial charge in [-0.3, -0.25) is 0 Å². The lowest BCUT2D eigenvalue weighted by atomic mass is 10.1. The zero-order chi connectivity index (χ0) is 13.2. The van der Waals surface area contributed by atoms with Gasteiger partial charge >= 0.3 is 0 Å². The van der Waals surface area contributed by atoms with E-state index in [1.165, 1.54) is 18.4 Å². The Morgan fingerprint density at radius 1 is 1.32 bits per heavy atom. The summed E-state index contributed by atoms with van der Waals surface area (Å²) in [5, 5.41) is 3.31. The SMILES string of the molecule is CNC(c1ccc(OC2CC2)cc1)c1nccn1C. The summed E-state index contributed by atoms with van der Waals surface area (Å²) >= 11 is 0. The van der Waals surface area contributed by atoms with Crippen molar-refractivity contribution in [2.45, 2.75) is 25.0 Å². The lowest BCUT2D eigenvalue weighted by Gasteiger charge is -2.17. The number of hydrogen-bond acceptors (Lipinski definition) is 3. The smallest absolute Gasteiger partial charge is 0.130 e. The van der Waals surface area contributed by atoms with Gasteiger partial charge in [-0.05, 0) is 37.6 Å². The summed E-state index contributed by atoms with van der Waals surface area (Å²) in [5.41, 5.74) is 1.19. The van der Waals surface area contributed by atoms with Crippen molar-refractivity contribution in [2.75, 3.05) is 7.05 Å². The van der Waals surface area contributed by atoms with Crippen LogP contribution in [0.25, 0.3) is 0 Å². The van der Waals surface area contributed by atoms with E-state index in [4.69, 9.17) is 4.74 Å². The van der Waals surface area contributed by atoms with Gasteiger partial charge in [-0.2, -0.15) is 0 Å². The van der Waals surface area contributed by atoms with E-state index in [-0.39, 0.29) is 6.04 Å². The molecule has 0 amide bonds. The van der Waals surface area contributed by atoms with Crippen LogP contribution in [0.15, 0.2) is 36.7 Å². The molecule has 3 rings (SSSR count). The highest BCUT2D eigenvalue weighted by molar-refractivity contribution is 5.32. The van der Waals surface area contributed by atoms with Crippen LogP contribution in [0.5, 0.6) is 5.75 Å². The van der Waals surface area contributed by atoms with Gasteiger partial charge in [0, 0.05) is 19.4 Å². The monoisotopic (exact) mass is 257 g/mol. The number of benzene rings is 1. The predicted molar refractivity (Wildman–Crippen MR) is 74.2 cm³/mol. The van der Waals surface area contributed by atoms with E-state index in [9.17, 15) is 0 Å². The molecule has 1 heterocycles. The lowest BCUT2D eigenvalue weighted by Crippen LogP contribution is -2.21. The minimum absolute atomic E-state index is 0.106. The summed E-state index contributed by atoms with van der Waals surface area (Å²) in [7, 11) is 3.96. The molecule has 1 aromatic carbocycles. The number of imidazole rings is 1. The van der Waals surface area contributed by atoms with E-state index in [0.717, 1.165) is 11.6 Å². The Balaban J connectivity index is 1.81. The van der Waals surface area contributed by atoms with E-state index in [1.54, 1.807) is 0 Å². The maximum atomic E-state index is 5.77. The summed E-state index contributed by atoms with van der Waals surface area (Å²) in [6.07, 6.45) is 6.61. The fraction of sp³-hybridized carbons (Fsp3) is 0.400. The number of rotatable bonds is 5. The van der Waals surface area contributed by atoms with Crippen LogP contribution in [-0.4, -0.2) is 22.7 Å². The summed E-state index contributed by atoms with van der Waals surface area (Å²) in [6, 6.07) is 8.40. The molecule has 1 aromatic heterocycles. The molecule has 1 aliphatic carbocycles. The van der Waals surface area contributed by atoms with Crippen molar-refractivity contribution >= 4 is 0 Å². The van der Waals surface area contributed by atoms with Gasteiger partial charge < -0.3 is 14.6 Å². The molecule has 1 atom stereocenters. The molecular weight excluding hydrogens is 238 g/mol. The average Bonchev–Trinajstić information content (AvgIpc) is 3.14. The van der Waals surface area contributed by atoms with E-state index >= 15 is 0 Å². The number of nitrogens with zero attached hydrogens (tertiary/aromatic N) is 2. The molecule has 1 unspecified atom stereocenters. The number of nitrogens with one attached hydrogen (secondary N) is 1. The summed E-state index contributed by atoms with van der Waals surface area (Å²) in [5.74, 6) is 1.97. The van der Waals surface area contributed by atoms with Gasteiger partial charge in [-0.1, -0.05) is 12.1 Å². The minimum Gasteiger partial charge on any atom is -0.490 e. The molecule has 0 bridgehead atoms. The topological polar surface area (TPSA) is 39.1 Å². The van der Waals surface area contributed by atoms with E-state index in [2.05, 4.69) is 22.4 Å². The van der Waals surface area contributed by atoms with Gasteiger partial charge in [-0.25, -0.2) is 4.98 Å². The third kappa shape index (κ3) is 2.63. The summed E-state index contributed by atoms with van der Waals surface area (Å²) in [6.45, 7) is 0. The number of ether oxygens (including phenoxy) is 1. The van der Waals surface area contributed by atoms with Crippen LogP contribution in [-0.2, 0) is 7.05 Å². The quantitative estimate of drug-likeness (QED) is 0.893. The average molecular weight is 257 g/mol. The molecule has 1 N–H and O–H groups in total. The van der Waals surface area contributed by atoms with Crippen LogP contribution in [0, 0.1) is 0 Å². The molecule has 1 saturated carbocycles. The standard InChI is InChI=1S/C15H19N3O/c1-16-14(15-17-9-10-18(15)2)11-3-5-12(6-4-11)19-13-7-8-13/h3-6,9-10,13-14,16H,7-8H2,1-2H3. The molecule has 0 radical (unpaired) electrons. The van der Waals surface area contributed by atoms with Crippen molar-refractivity contribution in [3.05, 3.63) is 48.0 Å². The first-order chi connectivity index (χ1) is 9.28. The molecule has 0 aliphatic heterocycles. The number of aryl methyl sites for hydroxylation is 1. The lowest BCUT2D eigenvalue weighted by molar-refractivity contribution is 0.303. The Morgan fingerprint density at radius 2 is 2.05 bits per heavy atom. The van der Waals surface area contributed by atoms with Gasteiger partial charge in [0.25, 0.3) is 0 Å². The first-order valence-corrected chi connectivity index (χ1v) is 6.69.